The van der Waals surface area contributed by atoms with Crippen LogP contribution in [0.15, 0.2) is 18.2 Å². The molecule has 0 radical (unpaired) electrons. The van der Waals surface area contributed by atoms with Crippen LogP contribution in [0.25, 0.3) is 0 Å². The van der Waals surface area contributed by atoms with E-state index in [1.807, 2.05) is 13.8 Å². The maximum Gasteiger partial charge on any atom is 0.239 e. The highest BCUT2D eigenvalue weighted by Gasteiger charge is 2.19. The van der Waals surface area contributed by atoms with Crippen molar-refractivity contribution in [3.63, 3.8) is 0 Å². The van der Waals surface area contributed by atoms with E-state index < -0.39 is 6.04 Å². The lowest BCUT2D eigenvalue weighted by atomic mass is 10.1. The third kappa shape index (κ3) is 6.55. The largest absolute Gasteiger partial charge is 0.348 e. The highest BCUT2D eigenvalue weighted by Crippen LogP contribution is 2.29. The number of carbonyl (C=O) groups is 2. The molecule has 1 aromatic rings. The van der Waals surface area contributed by atoms with Crippen LogP contribution in [0.2, 0.25) is 10.0 Å². The molecule has 1 aromatic carbocycles. The van der Waals surface area contributed by atoms with Gasteiger partial charge in [0.05, 0.1) is 28.7 Å². The maximum absolute atomic E-state index is 11.9. The van der Waals surface area contributed by atoms with E-state index in [0.29, 0.717) is 15.6 Å². The van der Waals surface area contributed by atoms with Gasteiger partial charge in [-0.15, -0.1) is 12.4 Å². The van der Waals surface area contributed by atoms with Gasteiger partial charge in [-0.25, -0.2) is 0 Å². The van der Waals surface area contributed by atoms with Gasteiger partial charge in [0.25, 0.3) is 0 Å². The van der Waals surface area contributed by atoms with Gasteiger partial charge < -0.3 is 16.4 Å². The number of rotatable bonds is 6. The first kappa shape index (κ1) is 22.0. The Balaban J connectivity index is 0.00000484. The predicted molar refractivity (Wildman–Crippen MR) is 96.1 cm³/mol. The van der Waals surface area contributed by atoms with E-state index in [1.165, 1.54) is 0 Å². The first-order valence-electron chi connectivity index (χ1n) is 7.00. The molecular formula is C15H22Cl3N3O2. The summed E-state index contributed by atoms with van der Waals surface area (Å²) in [5.74, 6) is -0.668. The predicted octanol–water partition coefficient (Wildman–Crippen LogP) is 2.69. The van der Waals surface area contributed by atoms with Gasteiger partial charge >= 0.3 is 0 Å². The molecule has 4 N–H and O–H groups in total. The SMILES string of the molecule is CC(NC(=O)CNC(=O)[C@@H](N)C(C)C)c1cccc(Cl)c1Cl.Cl. The number of nitrogens with two attached hydrogens (primary N) is 1. The fourth-order valence-corrected chi connectivity index (χ4v) is 2.28. The van der Waals surface area contributed by atoms with Crippen LogP contribution in [0, 0.1) is 5.92 Å². The highest BCUT2D eigenvalue weighted by atomic mass is 35.5. The molecule has 0 spiro atoms. The second kappa shape index (κ2) is 9.98. The number of nitrogens with one attached hydrogen (secondary N) is 2. The summed E-state index contributed by atoms with van der Waals surface area (Å²) in [6.07, 6.45) is 0. The van der Waals surface area contributed by atoms with Gasteiger partial charge in [0.15, 0.2) is 0 Å². The summed E-state index contributed by atoms with van der Waals surface area (Å²) in [5.41, 5.74) is 6.41. The molecule has 23 heavy (non-hydrogen) atoms. The topological polar surface area (TPSA) is 84.2 Å². The first-order chi connectivity index (χ1) is 10.2. The number of hydrogen-bond donors (Lipinski definition) is 3. The Bertz CT molecular complexity index is 553. The van der Waals surface area contributed by atoms with Gasteiger partial charge in [-0.05, 0) is 24.5 Å². The minimum absolute atomic E-state index is 0. The molecule has 1 rings (SSSR count). The summed E-state index contributed by atoms with van der Waals surface area (Å²) < 4.78 is 0. The molecule has 0 heterocycles. The lowest BCUT2D eigenvalue weighted by molar-refractivity contribution is -0.127. The molecule has 0 aromatic heterocycles. The summed E-state index contributed by atoms with van der Waals surface area (Å²) in [7, 11) is 0. The van der Waals surface area contributed by atoms with Crippen molar-refractivity contribution >= 4 is 47.4 Å². The molecule has 0 saturated heterocycles. The van der Waals surface area contributed by atoms with Crippen molar-refractivity contribution in [2.45, 2.75) is 32.9 Å². The zero-order valence-electron chi connectivity index (χ0n) is 13.2. The van der Waals surface area contributed by atoms with Gasteiger partial charge in [0, 0.05) is 0 Å². The van der Waals surface area contributed by atoms with Gasteiger partial charge in [0.2, 0.25) is 11.8 Å². The Labute approximate surface area is 152 Å². The Morgan fingerprint density at radius 1 is 1.22 bits per heavy atom. The monoisotopic (exact) mass is 381 g/mol. The normalized spacial score (nSPS) is 13.0. The minimum Gasteiger partial charge on any atom is -0.348 e. The molecule has 5 nitrogen and oxygen atoms in total. The van der Waals surface area contributed by atoms with E-state index in [4.69, 9.17) is 28.9 Å². The van der Waals surface area contributed by atoms with Crippen molar-refractivity contribution in [1.82, 2.24) is 10.6 Å². The van der Waals surface area contributed by atoms with E-state index in [0.717, 1.165) is 0 Å². The zero-order chi connectivity index (χ0) is 16.9. The molecule has 0 aliphatic rings. The van der Waals surface area contributed by atoms with Crippen molar-refractivity contribution in [3.05, 3.63) is 33.8 Å². The van der Waals surface area contributed by atoms with Gasteiger partial charge in [-0.3, -0.25) is 9.59 Å². The Morgan fingerprint density at radius 2 is 1.83 bits per heavy atom. The number of amides is 2. The van der Waals surface area contributed by atoms with Crippen molar-refractivity contribution in [1.29, 1.82) is 0 Å². The van der Waals surface area contributed by atoms with Crippen LogP contribution < -0.4 is 16.4 Å². The molecule has 0 aliphatic heterocycles. The van der Waals surface area contributed by atoms with E-state index in [9.17, 15) is 9.59 Å². The van der Waals surface area contributed by atoms with Crippen LogP contribution in [-0.2, 0) is 9.59 Å². The van der Waals surface area contributed by atoms with Gasteiger partial charge in [0.1, 0.15) is 0 Å². The van der Waals surface area contributed by atoms with Crippen LogP contribution >= 0.6 is 35.6 Å². The first-order valence-corrected chi connectivity index (χ1v) is 7.76. The standard InChI is InChI=1S/C15H21Cl2N3O2.ClH/c1-8(2)14(18)15(22)19-7-12(21)20-9(3)10-5-4-6-11(16)13(10)17;/h4-6,8-9,14H,7,18H2,1-3H3,(H,19,22)(H,20,21);1H/t9?,14-;/m0./s1. The van der Waals surface area contributed by atoms with Gasteiger partial charge in [-0.2, -0.15) is 0 Å². The summed E-state index contributed by atoms with van der Waals surface area (Å²) in [6.45, 7) is 5.33. The van der Waals surface area contributed by atoms with E-state index in [-0.39, 0.29) is 42.7 Å². The van der Waals surface area contributed by atoms with Crippen LogP contribution in [0.3, 0.4) is 0 Å². The average Bonchev–Trinajstić information content (AvgIpc) is 2.46. The molecule has 1 unspecified atom stereocenters. The lowest BCUT2D eigenvalue weighted by Crippen LogP contribution is -2.47. The van der Waals surface area contributed by atoms with E-state index >= 15 is 0 Å². The van der Waals surface area contributed by atoms with E-state index in [2.05, 4.69) is 10.6 Å². The summed E-state index contributed by atoms with van der Waals surface area (Å²) >= 11 is 12.1. The number of benzene rings is 1. The molecular weight excluding hydrogens is 361 g/mol. The molecule has 0 bridgehead atoms. The van der Waals surface area contributed by atoms with Crippen LogP contribution in [0.4, 0.5) is 0 Å². The average molecular weight is 383 g/mol. The lowest BCUT2D eigenvalue weighted by Gasteiger charge is -2.18. The van der Waals surface area contributed by atoms with Crippen molar-refractivity contribution in [2.75, 3.05) is 6.54 Å². The molecule has 2 atom stereocenters. The minimum atomic E-state index is -0.632. The molecule has 2 amide bonds. The fourth-order valence-electron chi connectivity index (χ4n) is 1.81. The number of halogens is 3. The molecule has 0 saturated carbocycles. The molecule has 0 fully saturated rings. The Hall–Kier alpha value is -1.01. The molecule has 0 aliphatic carbocycles. The van der Waals surface area contributed by atoms with Crippen molar-refractivity contribution in [3.8, 4) is 0 Å². The number of hydrogen-bond acceptors (Lipinski definition) is 3. The Morgan fingerprint density at radius 3 is 2.39 bits per heavy atom. The Kier molecular flexibility index (Phi) is 9.54. The van der Waals surface area contributed by atoms with Crippen molar-refractivity contribution < 1.29 is 9.59 Å². The van der Waals surface area contributed by atoms with Crippen LogP contribution in [0.5, 0.6) is 0 Å². The second-order valence-corrected chi connectivity index (χ2v) is 6.21. The van der Waals surface area contributed by atoms with Gasteiger partial charge in [-0.1, -0.05) is 49.2 Å². The van der Waals surface area contributed by atoms with Crippen molar-refractivity contribution in [2.24, 2.45) is 11.7 Å². The summed E-state index contributed by atoms with van der Waals surface area (Å²) in [6, 6.07) is 4.26. The summed E-state index contributed by atoms with van der Waals surface area (Å²) in [5, 5.41) is 6.09. The van der Waals surface area contributed by atoms with E-state index in [1.54, 1.807) is 25.1 Å². The zero-order valence-corrected chi connectivity index (χ0v) is 15.6. The quantitative estimate of drug-likeness (QED) is 0.707. The third-order valence-corrected chi connectivity index (χ3v) is 4.10. The fraction of sp³-hybridized carbons (Fsp3) is 0.467. The van der Waals surface area contributed by atoms with Crippen LogP contribution in [0.1, 0.15) is 32.4 Å². The summed E-state index contributed by atoms with van der Waals surface area (Å²) in [4.78, 5) is 23.6. The second-order valence-electron chi connectivity index (χ2n) is 5.42. The highest BCUT2D eigenvalue weighted by molar-refractivity contribution is 6.42. The third-order valence-electron chi connectivity index (χ3n) is 3.27. The molecule has 130 valence electrons. The smallest absolute Gasteiger partial charge is 0.239 e. The molecule has 8 heteroatoms. The maximum atomic E-state index is 11.9. The van der Waals surface area contributed by atoms with Crippen LogP contribution in [-0.4, -0.2) is 24.4 Å². The number of carbonyl (C=O) groups excluding carboxylic acids is 2.